The molecule has 0 spiro atoms. The molecule has 0 aromatic heterocycles. The first-order valence-electron chi connectivity index (χ1n) is 9.18. The van der Waals surface area contributed by atoms with Crippen LogP contribution in [0, 0.1) is 6.92 Å². The number of aryl methyl sites for hydroxylation is 1. The summed E-state index contributed by atoms with van der Waals surface area (Å²) in [6.45, 7) is 8.51. The number of benzene rings is 2. The van der Waals surface area contributed by atoms with Crippen LogP contribution in [0.25, 0.3) is 6.08 Å². The van der Waals surface area contributed by atoms with Crippen LogP contribution in [-0.2, 0) is 26.8 Å². The molecule has 0 aliphatic carbocycles. The van der Waals surface area contributed by atoms with Gasteiger partial charge in [-0.05, 0) is 46.7 Å². The Morgan fingerprint density at radius 2 is 1.76 bits per heavy atom. The van der Waals surface area contributed by atoms with Crippen LogP contribution >= 0.6 is 11.6 Å². The largest absolute Gasteiger partial charge is 0.348 e. The summed E-state index contributed by atoms with van der Waals surface area (Å²) >= 11 is 6.19. The van der Waals surface area contributed by atoms with Crippen molar-refractivity contribution in [1.29, 1.82) is 0 Å². The van der Waals surface area contributed by atoms with Crippen LogP contribution in [0.1, 0.15) is 43.0 Å². The average molecular weight is 435 g/mol. The Kier molecular flexibility index (Phi) is 7.14. The molecule has 0 heterocycles. The summed E-state index contributed by atoms with van der Waals surface area (Å²) < 4.78 is 25.3. The molecule has 2 N–H and O–H groups in total. The van der Waals surface area contributed by atoms with Crippen LogP contribution in [0.2, 0.25) is 5.02 Å². The number of nitrogens with one attached hydrogen (secondary N) is 2. The van der Waals surface area contributed by atoms with Gasteiger partial charge in [-0.3, -0.25) is 9.52 Å². The molecular weight excluding hydrogens is 408 g/mol. The highest BCUT2D eigenvalue weighted by Crippen LogP contribution is 2.28. The van der Waals surface area contributed by atoms with Crippen molar-refractivity contribution in [3.05, 3.63) is 69.8 Å². The second-order valence-corrected chi connectivity index (χ2v) is 10.2. The SMILES string of the molecule is Cc1cc(CNC(=O)/C=C/c2ccc(C(C)(C)C)cc2)cc(Cl)c1NS(C)(=O)=O. The molecule has 0 unspecified atom stereocenters. The van der Waals surface area contributed by atoms with Crippen LogP contribution in [0.15, 0.2) is 42.5 Å². The third-order valence-corrected chi connectivity index (χ3v) is 5.18. The van der Waals surface area contributed by atoms with Crippen LogP contribution in [0.4, 0.5) is 5.69 Å². The minimum Gasteiger partial charge on any atom is -0.348 e. The van der Waals surface area contributed by atoms with E-state index in [1.807, 2.05) is 12.1 Å². The van der Waals surface area contributed by atoms with Crippen molar-refractivity contribution in [1.82, 2.24) is 5.32 Å². The quantitative estimate of drug-likeness (QED) is 0.650. The molecule has 2 aromatic carbocycles. The van der Waals surface area contributed by atoms with Crippen LogP contribution in [0.5, 0.6) is 0 Å². The number of hydrogen-bond donors (Lipinski definition) is 2. The van der Waals surface area contributed by atoms with E-state index in [1.54, 1.807) is 25.1 Å². The summed E-state index contributed by atoms with van der Waals surface area (Å²) in [7, 11) is -3.42. The van der Waals surface area contributed by atoms with Crippen molar-refractivity contribution >= 4 is 39.3 Å². The zero-order valence-corrected chi connectivity index (χ0v) is 18.9. The minimum absolute atomic E-state index is 0.0887. The van der Waals surface area contributed by atoms with Crippen LogP contribution in [0.3, 0.4) is 0 Å². The first-order chi connectivity index (χ1) is 13.3. The smallest absolute Gasteiger partial charge is 0.244 e. The Hall–Kier alpha value is -2.31. The highest BCUT2D eigenvalue weighted by Gasteiger charge is 2.13. The second-order valence-electron chi connectivity index (χ2n) is 8.07. The molecule has 2 aromatic rings. The molecule has 29 heavy (non-hydrogen) atoms. The Morgan fingerprint density at radius 1 is 1.14 bits per heavy atom. The highest BCUT2D eigenvalue weighted by molar-refractivity contribution is 7.92. The molecule has 156 valence electrons. The van der Waals surface area contributed by atoms with Crippen molar-refractivity contribution in [2.75, 3.05) is 11.0 Å². The molecule has 0 fully saturated rings. The summed E-state index contributed by atoms with van der Waals surface area (Å²) in [5.41, 5.74) is 4.08. The molecule has 7 heteroatoms. The maximum atomic E-state index is 12.1. The lowest BCUT2D eigenvalue weighted by atomic mass is 9.87. The van der Waals surface area contributed by atoms with E-state index < -0.39 is 10.0 Å². The number of halogens is 1. The standard InChI is InChI=1S/C22H27ClN2O3S/c1-15-12-17(13-19(23)21(15)25-29(5,27)28)14-24-20(26)11-8-16-6-9-18(10-7-16)22(2,3)4/h6-13,25H,14H2,1-5H3,(H,24,26)/b11-8+. The van der Waals surface area contributed by atoms with E-state index in [0.717, 1.165) is 17.4 Å². The summed E-state index contributed by atoms with van der Waals surface area (Å²) in [6.07, 6.45) is 4.32. The lowest BCUT2D eigenvalue weighted by molar-refractivity contribution is -0.116. The number of rotatable bonds is 6. The van der Waals surface area contributed by atoms with Crippen molar-refractivity contribution in [3.63, 3.8) is 0 Å². The second kappa shape index (κ2) is 9.01. The maximum absolute atomic E-state index is 12.1. The molecule has 0 saturated heterocycles. The van der Waals surface area contributed by atoms with Gasteiger partial charge >= 0.3 is 0 Å². The van der Waals surface area contributed by atoms with E-state index in [-0.39, 0.29) is 22.9 Å². The van der Waals surface area contributed by atoms with Gasteiger partial charge in [0, 0.05) is 12.6 Å². The number of anilines is 1. The minimum atomic E-state index is -3.42. The fourth-order valence-electron chi connectivity index (χ4n) is 2.75. The highest BCUT2D eigenvalue weighted by atomic mass is 35.5. The topological polar surface area (TPSA) is 75.3 Å². The Bertz CT molecular complexity index is 998. The van der Waals surface area contributed by atoms with Gasteiger partial charge in [-0.25, -0.2) is 8.42 Å². The van der Waals surface area contributed by atoms with Gasteiger partial charge < -0.3 is 5.32 Å². The van der Waals surface area contributed by atoms with E-state index in [2.05, 4.69) is 42.9 Å². The van der Waals surface area contributed by atoms with Gasteiger partial charge in [0.25, 0.3) is 0 Å². The molecule has 5 nitrogen and oxygen atoms in total. The molecule has 0 aliphatic rings. The Morgan fingerprint density at radius 3 is 2.28 bits per heavy atom. The van der Waals surface area contributed by atoms with E-state index in [4.69, 9.17) is 11.6 Å². The molecule has 0 radical (unpaired) electrons. The van der Waals surface area contributed by atoms with E-state index in [0.29, 0.717) is 11.3 Å². The number of hydrogen-bond acceptors (Lipinski definition) is 3. The number of amides is 1. The van der Waals surface area contributed by atoms with Crippen molar-refractivity contribution in [2.45, 2.75) is 39.7 Å². The van der Waals surface area contributed by atoms with Crippen molar-refractivity contribution in [3.8, 4) is 0 Å². The van der Waals surface area contributed by atoms with Gasteiger partial charge in [-0.2, -0.15) is 0 Å². The fraction of sp³-hybridized carbons (Fsp3) is 0.318. The predicted octanol–water partition coefficient (Wildman–Crippen LogP) is 4.65. The predicted molar refractivity (Wildman–Crippen MR) is 121 cm³/mol. The maximum Gasteiger partial charge on any atom is 0.244 e. The lowest BCUT2D eigenvalue weighted by Crippen LogP contribution is -2.20. The van der Waals surface area contributed by atoms with Crippen molar-refractivity contribution < 1.29 is 13.2 Å². The zero-order valence-electron chi connectivity index (χ0n) is 17.3. The monoisotopic (exact) mass is 434 g/mol. The van der Waals surface area contributed by atoms with E-state index in [1.165, 1.54) is 11.6 Å². The lowest BCUT2D eigenvalue weighted by Gasteiger charge is -2.18. The van der Waals surface area contributed by atoms with Gasteiger partial charge in [-0.1, -0.05) is 62.7 Å². The molecule has 0 saturated carbocycles. The Labute approximate surface area is 178 Å². The third-order valence-electron chi connectivity index (χ3n) is 4.31. The molecule has 1 amide bonds. The third kappa shape index (κ3) is 7.22. The van der Waals surface area contributed by atoms with E-state index >= 15 is 0 Å². The molecule has 0 atom stereocenters. The van der Waals surface area contributed by atoms with Crippen molar-refractivity contribution in [2.24, 2.45) is 0 Å². The van der Waals surface area contributed by atoms with Gasteiger partial charge in [0.15, 0.2) is 0 Å². The number of carbonyl (C=O) groups is 1. The molecular formula is C22H27ClN2O3S. The van der Waals surface area contributed by atoms with Gasteiger partial charge in [0.05, 0.1) is 17.0 Å². The normalized spacial score (nSPS) is 12.2. The fourth-order valence-corrected chi connectivity index (χ4v) is 3.78. The summed E-state index contributed by atoms with van der Waals surface area (Å²) in [4.78, 5) is 12.1. The van der Waals surface area contributed by atoms with Crippen LogP contribution in [-0.4, -0.2) is 20.6 Å². The molecule has 0 aliphatic heterocycles. The zero-order chi connectivity index (χ0) is 21.8. The number of carbonyl (C=O) groups excluding carboxylic acids is 1. The average Bonchev–Trinajstić information content (AvgIpc) is 2.60. The Balaban J connectivity index is 1.99. The molecule has 0 bridgehead atoms. The van der Waals surface area contributed by atoms with Crippen LogP contribution < -0.4 is 10.0 Å². The summed E-state index contributed by atoms with van der Waals surface area (Å²) in [6, 6.07) is 11.5. The van der Waals surface area contributed by atoms with Gasteiger partial charge in [0.2, 0.25) is 15.9 Å². The first-order valence-corrected chi connectivity index (χ1v) is 11.5. The first kappa shape index (κ1) is 23.0. The summed E-state index contributed by atoms with van der Waals surface area (Å²) in [5.74, 6) is -0.225. The van der Waals surface area contributed by atoms with E-state index in [9.17, 15) is 13.2 Å². The number of sulfonamides is 1. The van der Waals surface area contributed by atoms with Gasteiger partial charge in [0.1, 0.15) is 0 Å². The summed E-state index contributed by atoms with van der Waals surface area (Å²) in [5, 5.41) is 3.09. The van der Waals surface area contributed by atoms with Gasteiger partial charge in [-0.15, -0.1) is 0 Å². The molecule has 2 rings (SSSR count).